The molecular formula is C12H15ClFNO3. The molecule has 0 bridgehead atoms. The van der Waals surface area contributed by atoms with Gasteiger partial charge in [0.25, 0.3) is 0 Å². The number of morpholine rings is 1. The summed E-state index contributed by atoms with van der Waals surface area (Å²) in [5.41, 5.74) is 0.505. The molecule has 0 radical (unpaired) electrons. The van der Waals surface area contributed by atoms with Gasteiger partial charge in [0.15, 0.2) is 0 Å². The summed E-state index contributed by atoms with van der Waals surface area (Å²) in [6.45, 7) is 3.37. The first-order chi connectivity index (χ1) is 8.16. The predicted molar refractivity (Wildman–Crippen MR) is 66.7 cm³/mol. The summed E-state index contributed by atoms with van der Waals surface area (Å²) < 4.78 is 18.8. The van der Waals surface area contributed by atoms with Crippen molar-refractivity contribution in [3.05, 3.63) is 35.1 Å². The molecule has 1 saturated heterocycles. The van der Waals surface area contributed by atoms with Crippen molar-refractivity contribution >= 4 is 18.4 Å². The number of aromatic carboxylic acids is 1. The lowest BCUT2D eigenvalue weighted by Gasteiger charge is -2.26. The molecule has 1 aliphatic heterocycles. The van der Waals surface area contributed by atoms with E-state index in [4.69, 9.17) is 9.84 Å². The van der Waals surface area contributed by atoms with E-state index < -0.39 is 11.8 Å². The molecule has 0 aliphatic carbocycles. The van der Waals surface area contributed by atoms with Crippen molar-refractivity contribution in [2.45, 2.75) is 6.54 Å². The van der Waals surface area contributed by atoms with E-state index >= 15 is 0 Å². The highest BCUT2D eigenvalue weighted by molar-refractivity contribution is 5.87. The number of ether oxygens (including phenoxy) is 1. The van der Waals surface area contributed by atoms with Crippen LogP contribution in [0.25, 0.3) is 0 Å². The minimum Gasteiger partial charge on any atom is -0.478 e. The van der Waals surface area contributed by atoms with E-state index in [-0.39, 0.29) is 18.0 Å². The second-order valence-electron chi connectivity index (χ2n) is 4.00. The summed E-state index contributed by atoms with van der Waals surface area (Å²) >= 11 is 0. The standard InChI is InChI=1S/C12H14FNO3.ClH/c13-11-7-9(12(15)16)1-2-10(11)8-14-3-5-17-6-4-14;/h1-2,7H,3-6,8H2,(H,15,16);1H. The van der Waals surface area contributed by atoms with Gasteiger partial charge in [-0.3, -0.25) is 4.90 Å². The van der Waals surface area contributed by atoms with Gasteiger partial charge in [-0.05, 0) is 12.1 Å². The van der Waals surface area contributed by atoms with Crippen LogP contribution in [0.4, 0.5) is 4.39 Å². The van der Waals surface area contributed by atoms with E-state index in [2.05, 4.69) is 4.90 Å². The molecule has 100 valence electrons. The van der Waals surface area contributed by atoms with Crippen molar-refractivity contribution in [2.24, 2.45) is 0 Å². The molecule has 6 heteroatoms. The molecule has 0 amide bonds. The Labute approximate surface area is 111 Å². The third kappa shape index (κ3) is 3.66. The third-order valence-electron chi connectivity index (χ3n) is 2.80. The van der Waals surface area contributed by atoms with Gasteiger partial charge in [-0.1, -0.05) is 6.07 Å². The van der Waals surface area contributed by atoms with Gasteiger partial charge >= 0.3 is 5.97 Å². The Morgan fingerprint density at radius 1 is 1.39 bits per heavy atom. The highest BCUT2D eigenvalue weighted by atomic mass is 35.5. The van der Waals surface area contributed by atoms with Crippen LogP contribution >= 0.6 is 12.4 Å². The maximum absolute atomic E-state index is 13.6. The first kappa shape index (κ1) is 14.9. The lowest BCUT2D eigenvalue weighted by atomic mass is 10.1. The quantitative estimate of drug-likeness (QED) is 0.914. The molecule has 1 N–H and O–H groups in total. The minimum absolute atomic E-state index is 0. The van der Waals surface area contributed by atoms with Crippen LogP contribution in [0.2, 0.25) is 0 Å². The lowest BCUT2D eigenvalue weighted by molar-refractivity contribution is 0.0337. The molecule has 1 fully saturated rings. The van der Waals surface area contributed by atoms with Crippen LogP contribution in [0.15, 0.2) is 18.2 Å². The average molecular weight is 276 g/mol. The Morgan fingerprint density at radius 3 is 2.61 bits per heavy atom. The molecule has 4 nitrogen and oxygen atoms in total. The fourth-order valence-electron chi connectivity index (χ4n) is 1.81. The molecule has 0 spiro atoms. The van der Waals surface area contributed by atoms with Gasteiger partial charge in [-0.25, -0.2) is 9.18 Å². The van der Waals surface area contributed by atoms with Crippen molar-refractivity contribution in [3.63, 3.8) is 0 Å². The van der Waals surface area contributed by atoms with Crippen LogP contribution in [0.1, 0.15) is 15.9 Å². The second kappa shape index (κ2) is 6.68. The molecule has 1 aliphatic rings. The van der Waals surface area contributed by atoms with E-state index in [0.717, 1.165) is 19.2 Å². The third-order valence-corrected chi connectivity index (χ3v) is 2.80. The second-order valence-corrected chi connectivity index (χ2v) is 4.00. The molecule has 0 saturated carbocycles. The van der Waals surface area contributed by atoms with Crippen LogP contribution in [0.3, 0.4) is 0 Å². The smallest absolute Gasteiger partial charge is 0.335 e. The zero-order valence-corrected chi connectivity index (χ0v) is 10.6. The van der Waals surface area contributed by atoms with Crippen LogP contribution < -0.4 is 0 Å². The van der Waals surface area contributed by atoms with Gasteiger partial charge in [-0.2, -0.15) is 0 Å². The maximum Gasteiger partial charge on any atom is 0.335 e. The van der Waals surface area contributed by atoms with E-state index in [9.17, 15) is 9.18 Å². The summed E-state index contributed by atoms with van der Waals surface area (Å²) in [7, 11) is 0. The lowest BCUT2D eigenvalue weighted by Crippen LogP contribution is -2.35. The predicted octanol–water partition coefficient (Wildman–Crippen LogP) is 1.78. The van der Waals surface area contributed by atoms with Gasteiger partial charge in [0.1, 0.15) is 5.82 Å². The van der Waals surface area contributed by atoms with E-state index in [1.807, 2.05) is 0 Å². The average Bonchev–Trinajstić information content (AvgIpc) is 2.33. The van der Waals surface area contributed by atoms with Gasteiger partial charge in [0.2, 0.25) is 0 Å². The Bertz CT molecular complexity index is 422. The van der Waals surface area contributed by atoms with E-state index in [1.54, 1.807) is 0 Å². The molecule has 1 aromatic rings. The van der Waals surface area contributed by atoms with Crippen molar-refractivity contribution in [1.82, 2.24) is 4.90 Å². The highest BCUT2D eigenvalue weighted by Gasteiger charge is 2.14. The van der Waals surface area contributed by atoms with Crippen LogP contribution in [0.5, 0.6) is 0 Å². The summed E-state index contributed by atoms with van der Waals surface area (Å²) in [5.74, 6) is -1.57. The van der Waals surface area contributed by atoms with Crippen molar-refractivity contribution in [1.29, 1.82) is 0 Å². The molecule has 1 aromatic carbocycles. The number of carboxylic acid groups (broad SMARTS) is 1. The Morgan fingerprint density at radius 2 is 2.06 bits per heavy atom. The van der Waals surface area contributed by atoms with Gasteiger partial charge in [0.05, 0.1) is 18.8 Å². The zero-order valence-electron chi connectivity index (χ0n) is 9.76. The van der Waals surface area contributed by atoms with Gasteiger partial charge < -0.3 is 9.84 Å². The summed E-state index contributed by atoms with van der Waals surface area (Å²) in [5, 5.41) is 8.73. The summed E-state index contributed by atoms with van der Waals surface area (Å²) in [6.07, 6.45) is 0. The maximum atomic E-state index is 13.6. The number of carboxylic acids is 1. The molecule has 0 aromatic heterocycles. The van der Waals surface area contributed by atoms with Crippen LogP contribution in [-0.4, -0.2) is 42.3 Å². The van der Waals surface area contributed by atoms with Gasteiger partial charge in [0, 0.05) is 25.2 Å². The number of rotatable bonds is 3. The number of hydrogen-bond acceptors (Lipinski definition) is 3. The first-order valence-electron chi connectivity index (χ1n) is 5.48. The molecule has 0 unspecified atom stereocenters. The topological polar surface area (TPSA) is 49.8 Å². The first-order valence-corrected chi connectivity index (χ1v) is 5.48. The normalized spacial score (nSPS) is 16.1. The summed E-state index contributed by atoms with van der Waals surface area (Å²) in [6, 6.07) is 4.04. The summed E-state index contributed by atoms with van der Waals surface area (Å²) in [4.78, 5) is 12.7. The minimum atomic E-state index is -1.11. The highest BCUT2D eigenvalue weighted by Crippen LogP contribution is 2.14. The number of hydrogen-bond donors (Lipinski definition) is 1. The van der Waals surface area contributed by atoms with E-state index in [0.29, 0.717) is 25.3 Å². The Hall–Kier alpha value is -1.17. The van der Waals surface area contributed by atoms with Crippen LogP contribution in [0, 0.1) is 5.82 Å². The number of carbonyl (C=O) groups is 1. The van der Waals surface area contributed by atoms with Crippen molar-refractivity contribution < 1.29 is 19.0 Å². The Balaban J connectivity index is 0.00000162. The molecule has 18 heavy (non-hydrogen) atoms. The fraction of sp³-hybridized carbons (Fsp3) is 0.417. The fourth-order valence-corrected chi connectivity index (χ4v) is 1.81. The van der Waals surface area contributed by atoms with Crippen molar-refractivity contribution in [2.75, 3.05) is 26.3 Å². The van der Waals surface area contributed by atoms with Crippen molar-refractivity contribution in [3.8, 4) is 0 Å². The van der Waals surface area contributed by atoms with Gasteiger partial charge in [-0.15, -0.1) is 12.4 Å². The number of benzene rings is 1. The van der Waals surface area contributed by atoms with E-state index in [1.165, 1.54) is 12.1 Å². The monoisotopic (exact) mass is 275 g/mol. The Kier molecular flexibility index (Phi) is 5.53. The number of nitrogens with zero attached hydrogens (tertiary/aromatic N) is 1. The number of halogens is 2. The molecular weight excluding hydrogens is 261 g/mol. The van der Waals surface area contributed by atoms with Crippen LogP contribution in [-0.2, 0) is 11.3 Å². The molecule has 2 rings (SSSR count). The molecule has 0 atom stereocenters. The molecule has 1 heterocycles. The SMILES string of the molecule is Cl.O=C(O)c1ccc(CN2CCOCC2)c(F)c1. The zero-order chi connectivity index (χ0) is 12.3. The largest absolute Gasteiger partial charge is 0.478 e.